The summed E-state index contributed by atoms with van der Waals surface area (Å²) in [5, 5.41) is 3.64. The lowest BCUT2D eigenvalue weighted by Gasteiger charge is -2.40. The summed E-state index contributed by atoms with van der Waals surface area (Å²) in [4.78, 5) is 2.55. The molecule has 1 aliphatic heterocycles. The molecular weight excluding hydrogens is 200 g/mol. The van der Waals surface area contributed by atoms with E-state index in [1.54, 1.807) is 7.11 Å². The Kier molecular flexibility index (Phi) is 5.73. The van der Waals surface area contributed by atoms with Gasteiger partial charge in [-0.15, -0.1) is 0 Å². The second-order valence-electron chi connectivity index (χ2n) is 5.58. The van der Waals surface area contributed by atoms with Crippen molar-refractivity contribution < 1.29 is 4.74 Å². The molecule has 0 bridgehead atoms. The second-order valence-corrected chi connectivity index (χ2v) is 5.58. The van der Waals surface area contributed by atoms with Gasteiger partial charge in [-0.05, 0) is 26.2 Å². The van der Waals surface area contributed by atoms with Gasteiger partial charge in [-0.1, -0.05) is 13.8 Å². The number of nitrogens with one attached hydrogen (secondary N) is 1. The van der Waals surface area contributed by atoms with Crippen molar-refractivity contribution in [2.24, 2.45) is 5.92 Å². The minimum Gasteiger partial charge on any atom is -0.380 e. The van der Waals surface area contributed by atoms with Crippen molar-refractivity contribution in [3.63, 3.8) is 0 Å². The Morgan fingerprint density at radius 2 is 2.06 bits per heavy atom. The third kappa shape index (κ3) is 4.40. The fraction of sp³-hybridized carbons (Fsp3) is 1.00. The molecule has 0 saturated carbocycles. The van der Waals surface area contributed by atoms with Crippen molar-refractivity contribution in [1.29, 1.82) is 0 Å². The van der Waals surface area contributed by atoms with Crippen LogP contribution in [0.5, 0.6) is 0 Å². The van der Waals surface area contributed by atoms with Crippen LogP contribution in [0.1, 0.15) is 34.1 Å². The fourth-order valence-corrected chi connectivity index (χ4v) is 2.38. The van der Waals surface area contributed by atoms with E-state index in [0.29, 0.717) is 18.2 Å². The largest absolute Gasteiger partial charge is 0.380 e. The highest BCUT2D eigenvalue weighted by molar-refractivity contribution is 4.85. The van der Waals surface area contributed by atoms with Crippen molar-refractivity contribution in [3.8, 4) is 0 Å². The quantitative estimate of drug-likeness (QED) is 0.775. The number of rotatable bonds is 5. The van der Waals surface area contributed by atoms with E-state index >= 15 is 0 Å². The molecule has 1 fully saturated rings. The van der Waals surface area contributed by atoms with Gasteiger partial charge in [0.05, 0.1) is 6.10 Å². The molecule has 0 aromatic carbocycles. The van der Waals surface area contributed by atoms with Crippen molar-refractivity contribution in [1.82, 2.24) is 10.2 Å². The zero-order chi connectivity index (χ0) is 12.1. The molecule has 0 spiro atoms. The van der Waals surface area contributed by atoms with Gasteiger partial charge < -0.3 is 10.1 Å². The molecule has 1 aliphatic rings. The molecular formula is C13H28N2O. The Morgan fingerprint density at radius 3 is 2.62 bits per heavy atom. The number of hydrogen-bond donors (Lipinski definition) is 1. The summed E-state index contributed by atoms with van der Waals surface area (Å²) in [5.41, 5.74) is 0. The van der Waals surface area contributed by atoms with Crippen LogP contribution in [0.25, 0.3) is 0 Å². The van der Waals surface area contributed by atoms with Crippen LogP contribution in [-0.2, 0) is 4.74 Å². The molecule has 0 radical (unpaired) electrons. The molecule has 0 aliphatic carbocycles. The summed E-state index contributed by atoms with van der Waals surface area (Å²) in [6.45, 7) is 12.3. The summed E-state index contributed by atoms with van der Waals surface area (Å²) in [5.74, 6) is 0.771. The third-order valence-electron chi connectivity index (χ3n) is 3.43. The van der Waals surface area contributed by atoms with E-state index in [0.717, 1.165) is 25.6 Å². The lowest BCUT2D eigenvalue weighted by Crippen LogP contribution is -2.57. The smallest absolute Gasteiger partial charge is 0.0670 e. The predicted molar refractivity (Wildman–Crippen MR) is 68.8 cm³/mol. The summed E-state index contributed by atoms with van der Waals surface area (Å²) >= 11 is 0. The van der Waals surface area contributed by atoms with Crippen molar-refractivity contribution in [2.45, 2.75) is 52.3 Å². The van der Waals surface area contributed by atoms with Gasteiger partial charge >= 0.3 is 0 Å². The van der Waals surface area contributed by atoms with E-state index in [4.69, 9.17) is 4.74 Å². The van der Waals surface area contributed by atoms with Crippen LogP contribution < -0.4 is 5.32 Å². The molecule has 3 atom stereocenters. The minimum absolute atomic E-state index is 0.334. The van der Waals surface area contributed by atoms with E-state index in [2.05, 4.69) is 37.9 Å². The highest BCUT2D eigenvalue weighted by Gasteiger charge is 2.26. The van der Waals surface area contributed by atoms with Crippen LogP contribution >= 0.6 is 0 Å². The fourth-order valence-electron chi connectivity index (χ4n) is 2.38. The Hall–Kier alpha value is -0.120. The van der Waals surface area contributed by atoms with E-state index in [-0.39, 0.29) is 0 Å². The van der Waals surface area contributed by atoms with Crippen LogP contribution in [0.4, 0.5) is 0 Å². The van der Waals surface area contributed by atoms with Crippen LogP contribution in [0.3, 0.4) is 0 Å². The lowest BCUT2D eigenvalue weighted by atomic mass is 10.00. The van der Waals surface area contributed by atoms with Gasteiger partial charge in [0.1, 0.15) is 0 Å². The summed E-state index contributed by atoms with van der Waals surface area (Å²) < 4.78 is 5.36. The van der Waals surface area contributed by atoms with E-state index in [9.17, 15) is 0 Å². The molecule has 3 unspecified atom stereocenters. The van der Waals surface area contributed by atoms with Crippen LogP contribution in [-0.4, -0.2) is 49.8 Å². The van der Waals surface area contributed by atoms with Gasteiger partial charge in [0.25, 0.3) is 0 Å². The average molecular weight is 228 g/mol. The van der Waals surface area contributed by atoms with Gasteiger partial charge in [-0.3, -0.25) is 4.90 Å². The zero-order valence-electron chi connectivity index (χ0n) is 11.5. The van der Waals surface area contributed by atoms with Crippen molar-refractivity contribution >= 4 is 0 Å². The van der Waals surface area contributed by atoms with Gasteiger partial charge in [0.2, 0.25) is 0 Å². The molecule has 1 rings (SSSR count). The first-order valence-electron chi connectivity index (χ1n) is 6.53. The number of methoxy groups -OCH3 is 1. The summed E-state index contributed by atoms with van der Waals surface area (Å²) in [6, 6.07) is 1.28. The first-order valence-corrected chi connectivity index (χ1v) is 6.53. The molecule has 16 heavy (non-hydrogen) atoms. The maximum absolute atomic E-state index is 5.36. The SMILES string of the molecule is COC(C)CN1CC(CC(C)C)NCC1C. The maximum atomic E-state index is 5.36. The van der Waals surface area contributed by atoms with Crippen molar-refractivity contribution in [2.75, 3.05) is 26.7 Å². The van der Waals surface area contributed by atoms with Crippen LogP contribution in [0.2, 0.25) is 0 Å². The van der Waals surface area contributed by atoms with Gasteiger partial charge in [-0.2, -0.15) is 0 Å². The van der Waals surface area contributed by atoms with E-state index < -0.39 is 0 Å². The van der Waals surface area contributed by atoms with Gasteiger partial charge in [0.15, 0.2) is 0 Å². The molecule has 0 aromatic heterocycles. The highest BCUT2D eigenvalue weighted by Crippen LogP contribution is 2.13. The topological polar surface area (TPSA) is 24.5 Å². The van der Waals surface area contributed by atoms with E-state index in [1.165, 1.54) is 6.42 Å². The molecule has 1 saturated heterocycles. The van der Waals surface area contributed by atoms with Crippen molar-refractivity contribution in [3.05, 3.63) is 0 Å². The predicted octanol–water partition coefficient (Wildman–Crippen LogP) is 1.73. The zero-order valence-corrected chi connectivity index (χ0v) is 11.5. The minimum atomic E-state index is 0.334. The normalized spacial score (nSPS) is 29.6. The highest BCUT2D eigenvalue weighted by atomic mass is 16.5. The standard InChI is InChI=1S/C13H28N2O/c1-10(2)6-13-9-15(8-12(4)16-5)11(3)7-14-13/h10-14H,6-9H2,1-5H3. The van der Waals surface area contributed by atoms with E-state index in [1.807, 2.05) is 0 Å². The second kappa shape index (κ2) is 6.58. The van der Waals surface area contributed by atoms with Crippen LogP contribution in [0.15, 0.2) is 0 Å². The van der Waals surface area contributed by atoms with Gasteiger partial charge in [0, 0.05) is 38.8 Å². The molecule has 0 amide bonds. The number of nitrogens with zero attached hydrogens (tertiary/aromatic N) is 1. The Bertz CT molecular complexity index is 196. The lowest BCUT2D eigenvalue weighted by molar-refractivity contribution is 0.0433. The first kappa shape index (κ1) is 13.9. The first-order chi connectivity index (χ1) is 7.52. The number of piperazine rings is 1. The number of ether oxygens (including phenoxy) is 1. The molecule has 3 heteroatoms. The van der Waals surface area contributed by atoms with Crippen LogP contribution in [0, 0.1) is 5.92 Å². The Labute approximate surface area is 101 Å². The maximum Gasteiger partial charge on any atom is 0.0670 e. The summed E-state index contributed by atoms with van der Waals surface area (Å²) in [6.07, 6.45) is 1.60. The van der Waals surface area contributed by atoms with Gasteiger partial charge in [-0.25, -0.2) is 0 Å². The molecule has 1 heterocycles. The monoisotopic (exact) mass is 228 g/mol. The Balaban J connectivity index is 2.41. The number of hydrogen-bond acceptors (Lipinski definition) is 3. The summed E-state index contributed by atoms with van der Waals surface area (Å²) in [7, 11) is 1.79. The molecule has 0 aromatic rings. The molecule has 96 valence electrons. The molecule has 3 nitrogen and oxygen atoms in total. The average Bonchev–Trinajstić information content (AvgIpc) is 2.22. The Morgan fingerprint density at radius 1 is 1.38 bits per heavy atom. The molecule has 1 N–H and O–H groups in total. The third-order valence-corrected chi connectivity index (χ3v) is 3.43.